The van der Waals surface area contributed by atoms with Gasteiger partial charge in [0.1, 0.15) is 53.7 Å². The molecule has 15 rings (SSSR count). The molecule has 0 spiro atoms. The zero-order valence-corrected chi connectivity index (χ0v) is 78.6. The number of aryl methyl sites for hydroxylation is 3. The van der Waals surface area contributed by atoms with Crippen molar-refractivity contribution in [1.29, 1.82) is 0 Å². The van der Waals surface area contributed by atoms with Gasteiger partial charge >= 0.3 is 41.3 Å². The summed E-state index contributed by atoms with van der Waals surface area (Å²) in [4.78, 5) is 151. The molecule has 0 aliphatic carbocycles. The molecule has 0 radical (unpaired) electrons. The molecule has 13 heterocycles. The van der Waals surface area contributed by atoms with Crippen LogP contribution >= 0.6 is 36.8 Å². The number of H-pyrrole nitrogens is 1. The number of nitrogens with two attached hydrogens (primary N) is 4. The summed E-state index contributed by atoms with van der Waals surface area (Å²) in [6.07, 6.45) is -11.9. The number of imidazole rings is 1. The number of morpholine rings is 5. The Balaban J connectivity index is 0.629. The average molecular weight is 2000 g/mol. The molecule has 0 bridgehead atoms. The van der Waals surface area contributed by atoms with Crippen LogP contribution in [0, 0.1) is 20.8 Å². The number of rotatable bonds is 30. The molecule has 135 heavy (non-hydrogen) atoms. The fraction of sp³-hybridized carbons (Fsp3) is 0.494. The van der Waals surface area contributed by atoms with Gasteiger partial charge in [-0.15, -0.1) is 0 Å². The van der Waals surface area contributed by atoms with Crippen LogP contribution in [-0.2, 0) is 91.8 Å². The summed E-state index contributed by atoms with van der Waals surface area (Å²) in [5, 5.41) is 2.64. The van der Waals surface area contributed by atoms with Gasteiger partial charge in [0, 0.05) is 120 Å². The first-order valence-corrected chi connectivity index (χ1v) is 52.4. The first-order valence-electron chi connectivity index (χ1n) is 42.4. The van der Waals surface area contributed by atoms with E-state index in [0.717, 1.165) is 29.2 Å². The number of halogens is 3. The highest BCUT2D eigenvalue weighted by atomic mass is 32.5. The highest BCUT2D eigenvalue weighted by Gasteiger charge is 2.48. The summed E-state index contributed by atoms with van der Waals surface area (Å²) < 4.78 is 201. The van der Waals surface area contributed by atoms with E-state index in [1.165, 1.54) is 136 Å². The van der Waals surface area contributed by atoms with Crippen LogP contribution in [0.1, 0.15) is 95.0 Å². The number of nitrogens with zero attached hydrogens (tertiary/aromatic N) is 18. The molecular formula is C77H98F3N24O25P5S. The van der Waals surface area contributed by atoms with E-state index in [2.05, 4.69) is 45.2 Å². The number of carbonyl (C=O) groups excluding carboxylic acids is 2. The van der Waals surface area contributed by atoms with Crippen LogP contribution in [0.15, 0.2) is 139 Å². The van der Waals surface area contributed by atoms with Crippen LogP contribution in [0.25, 0.3) is 11.2 Å². The monoisotopic (exact) mass is 2000 g/mol. The average Bonchev–Trinajstić information content (AvgIpc) is 1.01. The Morgan fingerprint density at radius 2 is 0.985 bits per heavy atom. The van der Waals surface area contributed by atoms with Crippen molar-refractivity contribution in [2.45, 2.75) is 120 Å². The molecule has 6 aliphatic rings. The molecule has 6 aliphatic heterocycles. The minimum Gasteiger partial charge on any atom is -0.383 e. The van der Waals surface area contributed by atoms with Crippen LogP contribution in [0.3, 0.4) is 0 Å². The number of hydrogen-bond donors (Lipinski definition) is 7. The molecule has 2 unspecified atom stereocenters. The van der Waals surface area contributed by atoms with Crippen molar-refractivity contribution in [3.63, 3.8) is 0 Å². The maximum Gasteiger partial charge on any atom is 0.416 e. The number of aromatic nitrogens is 14. The second kappa shape index (κ2) is 40.2. The summed E-state index contributed by atoms with van der Waals surface area (Å²) in [5.74, 6) is -1.83. The van der Waals surface area contributed by atoms with E-state index >= 15 is 18.3 Å². The van der Waals surface area contributed by atoms with E-state index in [1.54, 1.807) is 37.3 Å². The van der Waals surface area contributed by atoms with Gasteiger partial charge in [0.05, 0.1) is 114 Å². The number of nitrogens with one attached hydrogen (secondary N) is 2. The number of benzene rings is 2. The molecule has 49 nitrogen and oxygen atoms in total. The second-order valence-corrected chi connectivity index (χ2v) is 45.5. The number of anilines is 5. The lowest BCUT2D eigenvalue weighted by molar-refractivity contribution is -0.137. The molecule has 2 aromatic carbocycles. The zero-order valence-electron chi connectivity index (χ0n) is 74.3. The van der Waals surface area contributed by atoms with E-state index in [9.17, 15) is 56.4 Å². The van der Waals surface area contributed by atoms with Gasteiger partial charge in [0.15, 0.2) is 36.4 Å². The summed E-state index contributed by atoms with van der Waals surface area (Å²) >= 11 is 5.57. The Hall–Kier alpha value is -9.99. The fourth-order valence-electron chi connectivity index (χ4n) is 15.9. The Bertz CT molecular complexity index is 6650. The van der Waals surface area contributed by atoms with Crippen molar-refractivity contribution in [1.82, 2.24) is 90.9 Å². The summed E-state index contributed by atoms with van der Waals surface area (Å²) in [6.45, 7) is -1.51. The molecular weight excluding hydrogens is 1900 g/mol. The first-order chi connectivity index (χ1) is 64.2. The number of amides is 2. The predicted molar refractivity (Wildman–Crippen MR) is 480 cm³/mol. The quantitative estimate of drug-likeness (QED) is 0.0312. The van der Waals surface area contributed by atoms with Gasteiger partial charge in [-0.3, -0.25) is 65.0 Å². The highest BCUT2D eigenvalue weighted by molar-refractivity contribution is 8.07. The summed E-state index contributed by atoms with van der Waals surface area (Å²) in [5.41, 5.74) is 18.6. The minimum atomic E-state index is -4.84. The molecule has 18 atom stereocenters. The summed E-state index contributed by atoms with van der Waals surface area (Å²) in [6, 6.07) is 15.0. The van der Waals surface area contributed by atoms with E-state index in [1.807, 2.05) is 0 Å². The number of aromatic amines is 1. The maximum absolute atomic E-state index is 15.6. The van der Waals surface area contributed by atoms with Crippen LogP contribution in [0.5, 0.6) is 0 Å². The lowest BCUT2D eigenvalue weighted by Crippen LogP contribution is -2.52. The predicted octanol–water partition coefficient (Wildman–Crippen LogP) is 4.05. The minimum absolute atomic E-state index is 0.00732. The molecule has 11 N–H and O–H groups in total. The van der Waals surface area contributed by atoms with Gasteiger partial charge in [0.25, 0.3) is 47.5 Å². The van der Waals surface area contributed by atoms with Crippen molar-refractivity contribution in [3.8, 4) is 0 Å². The van der Waals surface area contributed by atoms with Gasteiger partial charge in [-0.05, 0) is 93.6 Å². The SMILES string of the molecule is [2H]C[C@H]1O[C@@H](n2cc(C)c(NC(=O)c3ccccc3)nc2=O)CC1OP(O)(=S)OC[C@@H]1CN([P@@](C)(=O)OC[C@@H]2CN([P@@](C)(=O)OC[C@@H]3CN([P@@](C)(=O)OC[C@@H]4CN([P@@](C)(=O)OC[C@@H]5CN(C(=O)c6cc(C)cc(C(F)(F)F)c6)C[C@H](n6cc(C)c(=O)[nH]c6=O)O5)C[C@H](n5ccc(N)nc5=O)O4)C[C@H](n4ccc(N)nc4=O)O3)C[C@H](n3ccc(N)nc3=O)O2)C[C@H](n2cnc3c(N)ncnc32)O1. The maximum atomic E-state index is 15.6. The third-order valence-corrected chi connectivity index (χ3v) is 32.4. The van der Waals surface area contributed by atoms with E-state index in [4.69, 9.17) is 91.7 Å². The van der Waals surface area contributed by atoms with Crippen LogP contribution in [0.4, 0.5) is 42.3 Å². The number of hydrogen-bond acceptors (Lipinski definition) is 36. The van der Waals surface area contributed by atoms with Gasteiger partial charge in [-0.25, -0.2) is 57.6 Å². The van der Waals surface area contributed by atoms with E-state index < -0.39 is 221 Å². The molecule has 2 amide bonds. The van der Waals surface area contributed by atoms with Crippen LogP contribution in [-0.4, -0.2) is 275 Å². The van der Waals surface area contributed by atoms with Gasteiger partial charge in [-0.1, -0.05) is 18.2 Å². The van der Waals surface area contributed by atoms with Gasteiger partial charge < -0.3 is 93.6 Å². The zero-order chi connectivity index (χ0) is 97.6. The van der Waals surface area contributed by atoms with Crippen molar-refractivity contribution in [3.05, 3.63) is 207 Å². The second-order valence-electron chi connectivity index (χ2n) is 33.0. The summed E-state index contributed by atoms with van der Waals surface area (Å²) in [7, 11) is -16.9. The molecule has 7 aromatic heterocycles. The number of nitrogen functional groups attached to an aromatic ring is 4. The largest absolute Gasteiger partial charge is 0.416 e. The molecule has 6 saturated heterocycles. The van der Waals surface area contributed by atoms with Gasteiger partial charge in [0.2, 0.25) is 0 Å². The third kappa shape index (κ3) is 23.4. The van der Waals surface area contributed by atoms with E-state index in [-0.39, 0.29) is 122 Å². The van der Waals surface area contributed by atoms with Crippen LogP contribution in [0.2, 0.25) is 0 Å². The van der Waals surface area contributed by atoms with Crippen molar-refractivity contribution < 1.29 is 103 Å². The first kappa shape index (κ1) is 98.1. The topological polar surface area (TPSA) is 604 Å². The Kier molecular flexibility index (Phi) is 29.2. The van der Waals surface area contributed by atoms with Crippen molar-refractivity contribution in [2.75, 3.05) is 153 Å². The molecule has 6 fully saturated rings. The Labute approximate surface area is 771 Å². The van der Waals surface area contributed by atoms with E-state index in [0.29, 0.717) is 17.2 Å². The van der Waals surface area contributed by atoms with Gasteiger partial charge in [-0.2, -0.15) is 33.1 Å². The molecule has 9 aromatic rings. The molecule has 0 saturated carbocycles. The highest BCUT2D eigenvalue weighted by Crippen LogP contribution is 2.56. The fourth-order valence-corrected chi connectivity index (χ4v) is 23.5. The van der Waals surface area contributed by atoms with Crippen molar-refractivity contribution >= 4 is 101 Å². The Morgan fingerprint density at radius 3 is 1.45 bits per heavy atom. The number of ether oxygens (including phenoxy) is 6. The normalized spacial score (nSPS) is 26.0. The lowest BCUT2D eigenvalue weighted by atomic mass is 10.0. The third-order valence-electron chi connectivity index (χ3n) is 22.9. The Morgan fingerprint density at radius 1 is 0.541 bits per heavy atom. The number of carbonyl (C=O) groups is 2. The number of fused-ring (bicyclic) bond motifs is 1. The number of alkyl halides is 3. The molecule has 58 heteroatoms. The van der Waals surface area contributed by atoms with Crippen molar-refractivity contribution in [2.24, 2.45) is 0 Å². The lowest BCUT2D eigenvalue weighted by Gasteiger charge is -2.43. The standard InChI is InChI=1S/C77H98F3N24O25P5S/c1-43-20-48(22-49(21-43)77(78,79)80)71(107)94-26-50(124-60(31-94)103-25-45(3)69(105)93-76(103)112)36-118-130(5,113)95-27-51(125-61(32-95)99-17-14-56(81)88-72(99)108)37-119-131(6,114)96-28-52(126-62(33-96)100-18-15-57(82)89-73(100)109)38-120-132(7,115)97-29-53(127-63(34-97)101-19-16-58(83)90-74(101)110)39-121-133(8,116)98-30-54(128-64(35-98)104-42-87-65-66(84)85-41-86-68(65)104)40-122-134(117,135)129-55-23-59(123-46(55)4)102-24-44(2)67(92-75(102)111)91-70(106)47-12-10-9-11-13-47/h9-22,24-25,41-42,46,50-55,59-64H,23,26-40H2,1-8H3,(H,117,135)(H2,81,88,108)(H2,82,89,109)(H2,83,90,110)(H2,84,85,86)(H,93,105,112)(H,91,92,106,111)/t46-,50+,51+,52+,53+,54+,55?,59-,60-,61-,62-,63-,64-,130+,131+,132+,133+,134?/m1/s1/i4D. The smallest absolute Gasteiger partial charge is 0.383 e. The molecule has 728 valence electrons. The van der Waals surface area contributed by atoms with Crippen LogP contribution < -0.4 is 62.3 Å².